The van der Waals surface area contributed by atoms with Crippen LogP contribution in [0.4, 0.5) is 0 Å². The third kappa shape index (κ3) is 2.10. The fraction of sp³-hybridized carbons (Fsp3) is 0.333. The molecule has 78 valence electrons. The van der Waals surface area contributed by atoms with Crippen LogP contribution < -0.4 is 5.32 Å². The minimum Gasteiger partial charge on any atom is -0.310 e. The van der Waals surface area contributed by atoms with Crippen molar-refractivity contribution in [1.29, 1.82) is 0 Å². The second-order valence-electron chi connectivity index (χ2n) is 4.06. The molecule has 1 N–H and O–H groups in total. The van der Waals surface area contributed by atoms with E-state index in [9.17, 15) is 0 Å². The van der Waals surface area contributed by atoms with Gasteiger partial charge in [0.05, 0.1) is 0 Å². The van der Waals surface area contributed by atoms with Gasteiger partial charge in [0.2, 0.25) is 0 Å². The highest BCUT2D eigenvalue weighted by Crippen LogP contribution is 2.29. The zero-order chi connectivity index (χ0) is 10.3. The maximum Gasteiger partial charge on any atom is 0.0346 e. The van der Waals surface area contributed by atoms with Gasteiger partial charge in [0.25, 0.3) is 0 Å². The van der Waals surface area contributed by atoms with Crippen molar-refractivity contribution in [2.75, 3.05) is 0 Å². The number of halogens is 1. The lowest BCUT2D eigenvalue weighted by atomic mass is 10.2. The van der Waals surface area contributed by atoms with Crippen LogP contribution in [0.25, 0.3) is 10.1 Å². The summed E-state index contributed by atoms with van der Waals surface area (Å²) in [5, 5.41) is 7.22. The predicted octanol–water partition coefficient (Wildman–Crippen LogP) is 3.92. The van der Waals surface area contributed by atoms with E-state index >= 15 is 0 Å². The van der Waals surface area contributed by atoms with E-state index in [-0.39, 0.29) is 0 Å². The summed E-state index contributed by atoms with van der Waals surface area (Å²) in [5.41, 5.74) is 1.43. The number of hydrogen-bond donors (Lipinski definition) is 1. The molecule has 0 atom stereocenters. The number of nitrogens with one attached hydrogen (secondary N) is 1. The Morgan fingerprint density at radius 2 is 2.27 bits per heavy atom. The Bertz CT molecular complexity index is 487. The first kappa shape index (κ1) is 9.82. The van der Waals surface area contributed by atoms with Gasteiger partial charge in [-0.15, -0.1) is 11.3 Å². The fourth-order valence-electron chi connectivity index (χ4n) is 1.73. The number of benzene rings is 1. The summed E-state index contributed by atoms with van der Waals surface area (Å²) in [4.78, 5) is 0. The fourth-order valence-corrected chi connectivity index (χ4v) is 3.04. The molecule has 1 aromatic heterocycles. The highest BCUT2D eigenvalue weighted by atomic mass is 79.9. The molecule has 1 fully saturated rings. The zero-order valence-electron chi connectivity index (χ0n) is 8.29. The Kier molecular flexibility index (Phi) is 2.54. The summed E-state index contributed by atoms with van der Waals surface area (Å²) in [5.74, 6) is 0. The molecule has 0 aliphatic heterocycles. The predicted molar refractivity (Wildman–Crippen MR) is 69.4 cm³/mol. The van der Waals surface area contributed by atoms with Crippen LogP contribution in [-0.2, 0) is 6.54 Å². The average molecular weight is 282 g/mol. The first-order valence-corrected chi connectivity index (χ1v) is 6.89. The van der Waals surface area contributed by atoms with Gasteiger partial charge < -0.3 is 5.32 Å². The monoisotopic (exact) mass is 281 g/mol. The molecule has 3 heteroatoms. The summed E-state index contributed by atoms with van der Waals surface area (Å²) < 4.78 is 2.55. The largest absolute Gasteiger partial charge is 0.310 e. The first-order chi connectivity index (χ1) is 7.33. The van der Waals surface area contributed by atoms with E-state index in [4.69, 9.17) is 0 Å². The van der Waals surface area contributed by atoms with Crippen molar-refractivity contribution in [3.8, 4) is 0 Å². The highest BCUT2D eigenvalue weighted by Gasteiger charge is 2.20. The Morgan fingerprint density at radius 1 is 1.40 bits per heavy atom. The van der Waals surface area contributed by atoms with E-state index in [0.29, 0.717) is 0 Å². The number of hydrogen-bond acceptors (Lipinski definition) is 2. The quantitative estimate of drug-likeness (QED) is 0.899. The van der Waals surface area contributed by atoms with Gasteiger partial charge in [0.1, 0.15) is 0 Å². The lowest BCUT2D eigenvalue weighted by Crippen LogP contribution is -2.14. The molecule has 1 heterocycles. The number of thiophene rings is 1. The SMILES string of the molecule is Brc1ccc2scc(CNC3CC3)c2c1. The van der Waals surface area contributed by atoms with Gasteiger partial charge in [-0.3, -0.25) is 0 Å². The molecule has 2 aromatic rings. The van der Waals surface area contributed by atoms with Crippen molar-refractivity contribution >= 4 is 37.4 Å². The average Bonchev–Trinajstić information content (AvgIpc) is 2.97. The lowest BCUT2D eigenvalue weighted by Gasteiger charge is -2.01. The van der Waals surface area contributed by atoms with Crippen LogP contribution in [0.1, 0.15) is 18.4 Å². The highest BCUT2D eigenvalue weighted by molar-refractivity contribution is 9.10. The van der Waals surface area contributed by atoms with Crippen molar-refractivity contribution in [1.82, 2.24) is 5.32 Å². The van der Waals surface area contributed by atoms with Crippen LogP contribution in [0.15, 0.2) is 28.1 Å². The van der Waals surface area contributed by atoms with Crippen LogP contribution in [0.2, 0.25) is 0 Å². The van der Waals surface area contributed by atoms with Crippen molar-refractivity contribution < 1.29 is 0 Å². The molecule has 1 nitrogen and oxygen atoms in total. The minimum atomic E-state index is 0.784. The van der Waals surface area contributed by atoms with Crippen LogP contribution in [0.3, 0.4) is 0 Å². The van der Waals surface area contributed by atoms with Gasteiger partial charge in [-0.25, -0.2) is 0 Å². The van der Waals surface area contributed by atoms with Gasteiger partial charge in [-0.2, -0.15) is 0 Å². The molecule has 0 unspecified atom stereocenters. The standard InChI is InChI=1S/C12H12BrNS/c13-9-1-4-12-11(5-9)8(7-15-12)6-14-10-2-3-10/h1,4-5,7,10,14H,2-3,6H2. The van der Waals surface area contributed by atoms with E-state index in [1.807, 2.05) is 11.3 Å². The Hall–Kier alpha value is -0.380. The van der Waals surface area contributed by atoms with Crippen LogP contribution in [-0.4, -0.2) is 6.04 Å². The van der Waals surface area contributed by atoms with Gasteiger partial charge in [-0.1, -0.05) is 15.9 Å². The van der Waals surface area contributed by atoms with Gasteiger partial charge in [0, 0.05) is 21.8 Å². The maximum absolute atomic E-state index is 3.56. The summed E-state index contributed by atoms with van der Waals surface area (Å²) in [6, 6.07) is 7.30. The topological polar surface area (TPSA) is 12.0 Å². The van der Waals surface area contributed by atoms with Crippen molar-refractivity contribution in [2.45, 2.75) is 25.4 Å². The van der Waals surface area contributed by atoms with Crippen molar-refractivity contribution in [3.63, 3.8) is 0 Å². The van der Waals surface area contributed by atoms with Crippen LogP contribution in [0, 0.1) is 0 Å². The zero-order valence-corrected chi connectivity index (χ0v) is 10.7. The van der Waals surface area contributed by atoms with E-state index in [2.05, 4.69) is 44.8 Å². The normalized spacial score (nSPS) is 16.1. The molecular formula is C12H12BrNS. The summed E-state index contributed by atoms with van der Waals surface area (Å²) >= 11 is 5.36. The number of rotatable bonds is 3. The lowest BCUT2D eigenvalue weighted by molar-refractivity contribution is 0.692. The second-order valence-corrected chi connectivity index (χ2v) is 5.88. The molecule has 1 aromatic carbocycles. The van der Waals surface area contributed by atoms with Gasteiger partial charge in [0.15, 0.2) is 0 Å². The third-order valence-electron chi connectivity index (χ3n) is 2.77. The molecule has 0 bridgehead atoms. The molecule has 0 radical (unpaired) electrons. The smallest absolute Gasteiger partial charge is 0.0346 e. The molecule has 0 saturated heterocycles. The molecule has 15 heavy (non-hydrogen) atoms. The maximum atomic E-state index is 3.56. The molecule has 1 aliphatic carbocycles. The van der Waals surface area contributed by atoms with Crippen molar-refractivity contribution in [3.05, 3.63) is 33.6 Å². The molecular weight excluding hydrogens is 270 g/mol. The van der Waals surface area contributed by atoms with Gasteiger partial charge >= 0.3 is 0 Å². The molecule has 1 aliphatic rings. The van der Waals surface area contributed by atoms with Crippen molar-refractivity contribution in [2.24, 2.45) is 0 Å². The molecule has 0 amide bonds. The Morgan fingerprint density at radius 3 is 3.07 bits per heavy atom. The summed E-state index contributed by atoms with van der Waals surface area (Å²) in [6.45, 7) is 1.02. The van der Waals surface area contributed by atoms with Crippen LogP contribution >= 0.6 is 27.3 Å². The third-order valence-corrected chi connectivity index (χ3v) is 4.28. The Labute approximate surface area is 102 Å². The van der Waals surface area contributed by atoms with E-state index in [0.717, 1.165) is 12.6 Å². The molecule has 0 spiro atoms. The van der Waals surface area contributed by atoms with E-state index in [1.165, 1.54) is 33.0 Å². The Balaban J connectivity index is 1.91. The summed E-state index contributed by atoms with van der Waals surface area (Å²) in [7, 11) is 0. The van der Waals surface area contributed by atoms with Crippen LogP contribution in [0.5, 0.6) is 0 Å². The van der Waals surface area contributed by atoms with E-state index in [1.54, 1.807) is 0 Å². The molecule has 1 saturated carbocycles. The van der Waals surface area contributed by atoms with E-state index < -0.39 is 0 Å². The molecule has 3 rings (SSSR count). The minimum absolute atomic E-state index is 0.784. The summed E-state index contributed by atoms with van der Waals surface area (Å²) in [6.07, 6.45) is 2.71. The second kappa shape index (κ2) is 3.89. The first-order valence-electron chi connectivity index (χ1n) is 5.22. The van der Waals surface area contributed by atoms with Gasteiger partial charge in [-0.05, 0) is 47.4 Å². The number of fused-ring (bicyclic) bond motifs is 1.